The van der Waals surface area contributed by atoms with Crippen molar-refractivity contribution in [3.05, 3.63) is 36.7 Å². The van der Waals surface area contributed by atoms with Crippen LogP contribution in [-0.2, 0) is 0 Å². The number of hydrogen-bond acceptors (Lipinski definition) is 2. The number of rotatable bonds is 1. The summed E-state index contributed by atoms with van der Waals surface area (Å²) in [5.41, 5.74) is 2.17. The highest BCUT2D eigenvalue weighted by atomic mass is 16.5. The minimum atomic E-state index is 0.881. The van der Waals surface area contributed by atoms with Crippen LogP contribution in [0.3, 0.4) is 0 Å². The maximum Gasteiger partial charge on any atom is 0.128 e. The molecule has 0 aliphatic heterocycles. The van der Waals surface area contributed by atoms with Crippen LogP contribution in [-0.4, -0.2) is 17.1 Å². The molecule has 1 N–H and O–H groups in total. The van der Waals surface area contributed by atoms with Crippen molar-refractivity contribution in [3.63, 3.8) is 0 Å². The molecule has 0 unspecified atom stereocenters. The minimum absolute atomic E-state index is 0.881. The fourth-order valence-electron chi connectivity index (χ4n) is 1.93. The SMILES string of the molecule is COc1cccc2[nH]c3ccncc3c12. The lowest BCUT2D eigenvalue weighted by Gasteiger charge is -2.00. The lowest BCUT2D eigenvalue weighted by atomic mass is 10.2. The predicted molar refractivity (Wildman–Crippen MR) is 60.2 cm³/mol. The molecule has 0 saturated heterocycles. The number of methoxy groups -OCH3 is 1. The average Bonchev–Trinajstić information content (AvgIpc) is 2.67. The summed E-state index contributed by atoms with van der Waals surface area (Å²) in [5.74, 6) is 0.881. The van der Waals surface area contributed by atoms with Crippen LogP contribution in [0.1, 0.15) is 0 Å². The van der Waals surface area contributed by atoms with E-state index in [9.17, 15) is 0 Å². The third-order valence-corrected chi connectivity index (χ3v) is 2.61. The van der Waals surface area contributed by atoms with E-state index in [2.05, 4.69) is 9.97 Å². The average molecular weight is 198 g/mol. The maximum absolute atomic E-state index is 5.35. The highest BCUT2D eigenvalue weighted by molar-refractivity contribution is 6.09. The Morgan fingerprint density at radius 1 is 1.20 bits per heavy atom. The minimum Gasteiger partial charge on any atom is -0.496 e. The van der Waals surface area contributed by atoms with Gasteiger partial charge in [0.15, 0.2) is 0 Å². The molecule has 3 aromatic rings. The van der Waals surface area contributed by atoms with Crippen molar-refractivity contribution in [3.8, 4) is 5.75 Å². The van der Waals surface area contributed by atoms with Gasteiger partial charge in [-0.2, -0.15) is 0 Å². The van der Waals surface area contributed by atoms with Crippen molar-refractivity contribution in [2.45, 2.75) is 0 Å². The summed E-state index contributed by atoms with van der Waals surface area (Å²) in [6.07, 6.45) is 3.64. The number of pyridine rings is 1. The smallest absolute Gasteiger partial charge is 0.128 e. The number of hydrogen-bond donors (Lipinski definition) is 1. The molecule has 0 radical (unpaired) electrons. The number of fused-ring (bicyclic) bond motifs is 3. The molecule has 0 spiro atoms. The molecule has 74 valence electrons. The molecule has 0 amide bonds. The molecule has 0 aliphatic carbocycles. The first-order valence-electron chi connectivity index (χ1n) is 4.78. The Hall–Kier alpha value is -2.03. The lowest BCUT2D eigenvalue weighted by Crippen LogP contribution is -1.82. The van der Waals surface area contributed by atoms with Crippen molar-refractivity contribution >= 4 is 21.8 Å². The topological polar surface area (TPSA) is 37.9 Å². The summed E-state index contributed by atoms with van der Waals surface area (Å²) in [5, 5.41) is 2.20. The van der Waals surface area contributed by atoms with E-state index in [4.69, 9.17) is 4.74 Å². The van der Waals surface area contributed by atoms with E-state index < -0.39 is 0 Å². The van der Waals surface area contributed by atoms with Crippen LogP contribution in [0.15, 0.2) is 36.7 Å². The zero-order valence-corrected chi connectivity index (χ0v) is 8.32. The highest BCUT2D eigenvalue weighted by Gasteiger charge is 2.07. The summed E-state index contributed by atoms with van der Waals surface area (Å²) < 4.78 is 5.35. The van der Waals surface area contributed by atoms with Gasteiger partial charge in [0.25, 0.3) is 0 Å². The summed E-state index contributed by atoms with van der Waals surface area (Å²) in [6, 6.07) is 7.94. The molecule has 3 nitrogen and oxygen atoms in total. The summed E-state index contributed by atoms with van der Waals surface area (Å²) in [4.78, 5) is 7.47. The molecule has 3 rings (SSSR count). The van der Waals surface area contributed by atoms with E-state index in [1.165, 1.54) is 0 Å². The molecule has 15 heavy (non-hydrogen) atoms. The normalized spacial score (nSPS) is 11.0. The molecule has 0 atom stereocenters. The Balaban J connectivity index is 2.56. The van der Waals surface area contributed by atoms with E-state index in [0.29, 0.717) is 0 Å². The molecule has 1 aromatic carbocycles. The molecule has 2 heterocycles. The number of H-pyrrole nitrogens is 1. The fraction of sp³-hybridized carbons (Fsp3) is 0.0833. The first-order chi connectivity index (χ1) is 7.40. The van der Waals surface area contributed by atoms with Gasteiger partial charge in [-0.25, -0.2) is 0 Å². The monoisotopic (exact) mass is 198 g/mol. The van der Waals surface area contributed by atoms with E-state index in [1.807, 2.05) is 30.5 Å². The lowest BCUT2D eigenvalue weighted by molar-refractivity contribution is 0.420. The summed E-state index contributed by atoms with van der Waals surface area (Å²) in [6.45, 7) is 0. The van der Waals surface area contributed by atoms with Crippen LogP contribution < -0.4 is 4.74 Å². The van der Waals surface area contributed by atoms with Crippen LogP contribution in [0.2, 0.25) is 0 Å². The third-order valence-electron chi connectivity index (χ3n) is 2.61. The van der Waals surface area contributed by atoms with E-state index >= 15 is 0 Å². The third kappa shape index (κ3) is 1.09. The van der Waals surface area contributed by atoms with Gasteiger partial charge in [-0.1, -0.05) is 6.07 Å². The van der Waals surface area contributed by atoms with Gasteiger partial charge in [0.2, 0.25) is 0 Å². The Kier molecular flexibility index (Phi) is 1.65. The molecule has 0 bridgehead atoms. The molecule has 0 aliphatic rings. The second-order valence-electron chi connectivity index (χ2n) is 3.43. The number of nitrogens with zero attached hydrogens (tertiary/aromatic N) is 1. The second-order valence-corrected chi connectivity index (χ2v) is 3.43. The van der Waals surface area contributed by atoms with Gasteiger partial charge < -0.3 is 9.72 Å². The van der Waals surface area contributed by atoms with Crippen molar-refractivity contribution in [1.29, 1.82) is 0 Å². The standard InChI is InChI=1S/C12H10N2O/c1-15-11-4-2-3-10-12(11)8-7-13-6-5-9(8)14-10/h2-7,14H,1H3. The van der Waals surface area contributed by atoms with E-state index in [0.717, 1.165) is 27.6 Å². The Bertz CT molecular complexity index is 628. The number of nitrogens with one attached hydrogen (secondary N) is 1. The summed E-state index contributed by atoms with van der Waals surface area (Å²) >= 11 is 0. The van der Waals surface area contributed by atoms with Crippen LogP contribution in [0, 0.1) is 0 Å². The van der Waals surface area contributed by atoms with Crippen molar-refractivity contribution in [2.75, 3.05) is 7.11 Å². The highest BCUT2D eigenvalue weighted by Crippen LogP contribution is 2.31. The Labute approximate surface area is 86.7 Å². The largest absolute Gasteiger partial charge is 0.496 e. The van der Waals surface area contributed by atoms with Gasteiger partial charge >= 0.3 is 0 Å². The number of aromatic amines is 1. The second kappa shape index (κ2) is 2.98. The predicted octanol–water partition coefficient (Wildman–Crippen LogP) is 2.72. The van der Waals surface area contributed by atoms with E-state index in [-0.39, 0.29) is 0 Å². The number of benzene rings is 1. The van der Waals surface area contributed by atoms with Gasteiger partial charge in [0.05, 0.1) is 18.0 Å². The van der Waals surface area contributed by atoms with E-state index in [1.54, 1.807) is 13.3 Å². The quantitative estimate of drug-likeness (QED) is 0.652. The van der Waals surface area contributed by atoms with Crippen LogP contribution in [0.4, 0.5) is 0 Å². The Morgan fingerprint density at radius 3 is 3.00 bits per heavy atom. The first-order valence-corrected chi connectivity index (χ1v) is 4.78. The van der Waals surface area contributed by atoms with Crippen LogP contribution in [0.25, 0.3) is 21.8 Å². The molecule has 2 aromatic heterocycles. The molecule has 0 saturated carbocycles. The van der Waals surface area contributed by atoms with Gasteiger partial charge in [-0.05, 0) is 18.2 Å². The van der Waals surface area contributed by atoms with Crippen LogP contribution in [0.5, 0.6) is 5.75 Å². The van der Waals surface area contributed by atoms with Crippen LogP contribution >= 0.6 is 0 Å². The fourth-order valence-corrected chi connectivity index (χ4v) is 1.93. The zero-order valence-electron chi connectivity index (χ0n) is 8.32. The van der Waals surface area contributed by atoms with Gasteiger partial charge in [0.1, 0.15) is 5.75 Å². The number of aromatic nitrogens is 2. The molecular weight excluding hydrogens is 188 g/mol. The molecule has 0 fully saturated rings. The Morgan fingerprint density at radius 2 is 2.13 bits per heavy atom. The van der Waals surface area contributed by atoms with Gasteiger partial charge in [-0.15, -0.1) is 0 Å². The van der Waals surface area contributed by atoms with Gasteiger partial charge in [0, 0.05) is 23.3 Å². The first kappa shape index (κ1) is 8.29. The zero-order chi connectivity index (χ0) is 10.3. The van der Waals surface area contributed by atoms with Gasteiger partial charge in [-0.3, -0.25) is 4.98 Å². The van der Waals surface area contributed by atoms with Crippen molar-refractivity contribution < 1.29 is 4.74 Å². The summed E-state index contributed by atoms with van der Waals surface area (Å²) in [7, 11) is 1.68. The van der Waals surface area contributed by atoms with Crippen molar-refractivity contribution in [1.82, 2.24) is 9.97 Å². The molecular formula is C12H10N2O. The number of ether oxygens (including phenoxy) is 1. The molecule has 3 heteroatoms. The van der Waals surface area contributed by atoms with Crippen molar-refractivity contribution in [2.24, 2.45) is 0 Å². The maximum atomic E-state index is 5.35.